The molecule has 3 nitrogen and oxygen atoms in total. The Morgan fingerprint density at radius 3 is 2.75 bits per heavy atom. The van der Waals surface area contributed by atoms with E-state index in [9.17, 15) is 9.18 Å². The highest BCUT2D eigenvalue weighted by Crippen LogP contribution is 2.08. The summed E-state index contributed by atoms with van der Waals surface area (Å²) in [6.07, 6.45) is 0.258. The minimum Gasteiger partial charge on any atom is -0.348 e. The van der Waals surface area contributed by atoms with E-state index in [1.807, 2.05) is 6.07 Å². The van der Waals surface area contributed by atoms with Gasteiger partial charge in [-0.05, 0) is 23.8 Å². The quantitative estimate of drug-likeness (QED) is 0.927. The van der Waals surface area contributed by atoms with Gasteiger partial charge in [0.25, 0.3) is 5.91 Å². The molecule has 2 rings (SSSR count). The number of rotatable bonds is 4. The highest BCUT2D eigenvalue weighted by molar-refractivity contribution is 5.94. The Kier molecular flexibility index (Phi) is 4.46. The molecule has 2 aromatic carbocycles. The first-order valence-corrected chi connectivity index (χ1v) is 6.18. The number of hydrogen-bond acceptors (Lipinski definition) is 2. The lowest BCUT2D eigenvalue weighted by Gasteiger charge is -2.07. The van der Waals surface area contributed by atoms with Crippen molar-refractivity contribution >= 4 is 5.91 Å². The van der Waals surface area contributed by atoms with Gasteiger partial charge in [-0.15, -0.1) is 0 Å². The molecule has 0 aliphatic carbocycles. The van der Waals surface area contributed by atoms with Crippen LogP contribution in [0, 0.1) is 17.1 Å². The molecule has 1 N–H and O–H groups in total. The van der Waals surface area contributed by atoms with Gasteiger partial charge >= 0.3 is 0 Å². The molecule has 0 fully saturated rings. The zero-order chi connectivity index (χ0) is 14.4. The molecule has 2 aromatic rings. The van der Waals surface area contributed by atoms with Crippen LogP contribution in [-0.2, 0) is 13.0 Å². The molecule has 100 valence electrons. The zero-order valence-corrected chi connectivity index (χ0v) is 10.8. The maximum Gasteiger partial charge on any atom is 0.251 e. The van der Waals surface area contributed by atoms with Crippen LogP contribution in [0.3, 0.4) is 0 Å². The molecule has 0 unspecified atom stereocenters. The van der Waals surface area contributed by atoms with Crippen LogP contribution in [0.2, 0.25) is 0 Å². The number of carbonyl (C=O) groups excluding carboxylic acids is 1. The highest BCUT2D eigenvalue weighted by Gasteiger charge is 2.07. The Hall–Kier alpha value is -2.67. The molecule has 4 heteroatoms. The second-order valence-corrected chi connectivity index (χ2v) is 4.31. The van der Waals surface area contributed by atoms with Crippen molar-refractivity contribution in [1.29, 1.82) is 5.26 Å². The van der Waals surface area contributed by atoms with Gasteiger partial charge in [0.2, 0.25) is 0 Å². The zero-order valence-electron chi connectivity index (χ0n) is 10.8. The standard InChI is InChI=1S/C16H13FN2O/c17-15-7-2-1-5-14(15)11-19-16(20)13-6-3-4-12(10-13)8-9-18/h1-7,10H,8,11H2,(H,19,20). The van der Waals surface area contributed by atoms with Gasteiger partial charge in [-0.25, -0.2) is 4.39 Å². The largest absolute Gasteiger partial charge is 0.348 e. The molecule has 0 radical (unpaired) electrons. The molecule has 1 amide bonds. The van der Waals surface area contributed by atoms with Crippen molar-refractivity contribution in [2.24, 2.45) is 0 Å². The fourth-order valence-corrected chi connectivity index (χ4v) is 1.83. The van der Waals surface area contributed by atoms with Crippen LogP contribution in [0.15, 0.2) is 48.5 Å². The first-order valence-electron chi connectivity index (χ1n) is 6.18. The summed E-state index contributed by atoms with van der Waals surface area (Å²) >= 11 is 0. The first kappa shape index (κ1) is 13.8. The summed E-state index contributed by atoms with van der Waals surface area (Å²) in [5.41, 5.74) is 1.69. The number of nitrogens with zero attached hydrogens (tertiary/aromatic N) is 1. The molecule has 0 spiro atoms. The fourth-order valence-electron chi connectivity index (χ4n) is 1.83. The van der Waals surface area contributed by atoms with Gasteiger partial charge in [-0.1, -0.05) is 30.3 Å². The molecule has 0 atom stereocenters. The third-order valence-electron chi connectivity index (χ3n) is 2.87. The lowest BCUT2D eigenvalue weighted by Crippen LogP contribution is -2.23. The van der Waals surface area contributed by atoms with Crippen molar-refractivity contribution in [3.8, 4) is 6.07 Å². The maximum atomic E-state index is 13.4. The number of nitriles is 1. The van der Waals surface area contributed by atoms with Gasteiger partial charge in [0, 0.05) is 17.7 Å². The van der Waals surface area contributed by atoms with Crippen molar-refractivity contribution in [3.63, 3.8) is 0 Å². The summed E-state index contributed by atoms with van der Waals surface area (Å²) < 4.78 is 13.4. The van der Waals surface area contributed by atoms with E-state index < -0.39 is 0 Å². The van der Waals surface area contributed by atoms with Crippen LogP contribution in [0.4, 0.5) is 4.39 Å². The predicted octanol–water partition coefficient (Wildman–Crippen LogP) is 2.82. The van der Waals surface area contributed by atoms with Gasteiger partial charge in [0.1, 0.15) is 5.82 Å². The molecule has 0 bridgehead atoms. The molecule has 0 saturated heterocycles. The predicted molar refractivity (Wildman–Crippen MR) is 73.3 cm³/mol. The Labute approximate surface area is 116 Å². The van der Waals surface area contributed by atoms with Crippen LogP contribution in [-0.4, -0.2) is 5.91 Å². The van der Waals surface area contributed by atoms with E-state index in [4.69, 9.17) is 5.26 Å². The molecule has 0 saturated carbocycles. The molecule has 0 aliphatic rings. The van der Waals surface area contributed by atoms with Crippen molar-refractivity contribution in [2.45, 2.75) is 13.0 Å². The highest BCUT2D eigenvalue weighted by atomic mass is 19.1. The monoisotopic (exact) mass is 268 g/mol. The van der Waals surface area contributed by atoms with Gasteiger partial charge in [0.05, 0.1) is 12.5 Å². The Bertz CT molecular complexity index is 662. The Balaban J connectivity index is 2.04. The Morgan fingerprint density at radius 1 is 1.20 bits per heavy atom. The smallest absolute Gasteiger partial charge is 0.251 e. The topological polar surface area (TPSA) is 52.9 Å². The van der Waals surface area contributed by atoms with Crippen molar-refractivity contribution in [3.05, 3.63) is 71.0 Å². The molecule has 0 aromatic heterocycles. The fraction of sp³-hybridized carbons (Fsp3) is 0.125. The lowest BCUT2D eigenvalue weighted by atomic mass is 10.1. The van der Waals surface area contributed by atoms with Crippen LogP contribution in [0.1, 0.15) is 21.5 Å². The average Bonchev–Trinajstić information content (AvgIpc) is 2.47. The van der Waals surface area contributed by atoms with Crippen molar-refractivity contribution in [1.82, 2.24) is 5.32 Å². The van der Waals surface area contributed by atoms with Crippen molar-refractivity contribution < 1.29 is 9.18 Å². The van der Waals surface area contributed by atoms with Gasteiger partial charge in [-0.2, -0.15) is 5.26 Å². The van der Waals surface area contributed by atoms with E-state index in [-0.39, 0.29) is 24.7 Å². The van der Waals surface area contributed by atoms with Gasteiger partial charge in [-0.3, -0.25) is 4.79 Å². The van der Waals surface area contributed by atoms with Gasteiger partial charge in [0.15, 0.2) is 0 Å². The summed E-state index contributed by atoms with van der Waals surface area (Å²) in [6.45, 7) is 0.133. The summed E-state index contributed by atoms with van der Waals surface area (Å²) in [7, 11) is 0. The number of nitrogens with one attached hydrogen (secondary N) is 1. The average molecular weight is 268 g/mol. The maximum absolute atomic E-state index is 13.4. The van der Waals surface area contributed by atoms with Crippen LogP contribution in [0.5, 0.6) is 0 Å². The lowest BCUT2D eigenvalue weighted by molar-refractivity contribution is 0.0950. The van der Waals surface area contributed by atoms with Crippen LogP contribution < -0.4 is 5.32 Å². The van der Waals surface area contributed by atoms with Crippen LogP contribution in [0.25, 0.3) is 0 Å². The van der Waals surface area contributed by atoms with E-state index in [1.165, 1.54) is 6.07 Å². The minimum atomic E-state index is -0.342. The summed E-state index contributed by atoms with van der Waals surface area (Å²) in [5.74, 6) is -0.626. The van der Waals surface area contributed by atoms with Crippen molar-refractivity contribution in [2.75, 3.05) is 0 Å². The second kappa shape index (κ2) is 6.48. The number of hydrogen-bond donors (Lipinski definition) is 1. The van der Waals surface area contributed by atoms with Gasteiger partial charge < -0.3 is 5.32 Å². The molecule has 20 heavy (non-hydrogen) atoms. The molecular weight excluding hydrogens is 255 g/mol. The summed E-state index contributed by atoms with van der Waals surface area (Å²) in [5, 5.41) is 11.3. The third-order valence-corrected chi connectivity index (χ3v) is 2.87. The van der Waals surface area contributed by atoms with Crippen LogP contribution >= 0.6 is 0 Å². The van der Waals surface area contributed by atoms with E-state index >= 15 is 0 Å². The summed E-state index contributed by atoms with van der Waals surface area (Å²) in [6, 6.07) is 15.2. The first-order chi connectivity index (χ1) is 9.70. The molecule has 0 heterocycles. The molecular formula is C16H13FN2O. The summed E-state index contributed by atoms with van der Waals surface area (Å²) in [4.78, 5) is 12.0. The minimum absolute atomic E-state index is 0.133. The number of amides is 1. The third kappa shape index (κ3) is 3.42. The van der Waals surface area contributed by atoms with E-state index in [0.717, 1.165) is 5.56 Å². The number of carbonyl (C=O) groups is 1. The second-order valence-electron chi connectivity index (χ2n) is 4.31. The number of benzene rings is 2. The molecule has 0 aliphatic heterocycles. The van der Waals surface area contributed by atoms with E-state index in [0.29, 0.717) is 11.1 Å². The number of halogens is 1. The van der Waals surface area contributed by atoms with E-state index in [1.54, 1.807) is 42.5 Å². The SMILES string of the molecule is N#CCc1cccc(C(=O)NCc2ccccc2F)c1. The van der Waals surface area contributed by atoms with E-state index in [2.05, 4.69) is 5.32 Å². The normalized spacial score (nSPS) is 9.80. The Morgan fingerprint density at radius 2 is 2.00 bits per heavy atom.